The summed E-state index contributed by atoms with van der Waals surface area (Å²) in [5.41, 5.74) is 1.54. The molecular weight excluding hydrogens is 474 g/mol. The number of nitrogens with zero attached hydrogens (tertiary/aromatic N) is 4. The molecule has 10 heteroatoms. The predicted octanol–water partition coefficient (Wildman–Crippen LogP) is 3.37. The van der Waals surface area contributed by atoms with Crippen LogP contribution in [0.15, 0.2) is 87.8 Å². The Balaban J connectivity index is 1.89. The third-order valence-corrected chi connectivity index (χ3v) is 7.64. The molecule has 0 bridgehead atoms. The van der Waals surface area contributed by atoms with Gasteiger partial charge in [0.1, 0.15) is 21.7 Å². The molecule has 1 aromatic carbocycles. The summed E-state index contributed by atoms with van der Waals surface area (Å²) in [5.74, 6) is 0. The third-order valence-electron chi connectivity index (χ3n) is 5.60. The molecule has 0 saturated heterocycles. The van der Waals surface area contributed by atoms with Crippen LogP contribution >= 0.6 is 11.6 Å². The van der Waals surface area contributed by atoms with Crippen LogP contribution in [0.2, 0.25) is 5.02 Å². The summed E-state index contributed by atoms with van der Waals surface area (Å²) in [6, 6.07) is 14.0. The first-order chi connectivity index (χ1) is 16.3. The smallest absolute Gasteiger partial charge is 0.267 e. The second-order valence-electron chi connectivity index (χ2n) is 7.80. The van der Waals surface area contributed by atoms with Crippen molar-refractivity contribution in [2.75, 3.05) is 0 Å². The molecular formula is C24H18ClN5O3S. The van der Waals surface area contributed by atoms with Crippen molar-refractivity contribution in [2.24, 2.45) is 0 Å². The number of hydrogen-bond donors (Lipinski definition) is 1. The topological polar surface area (TPSA) is 110 Å². The molecule has 4 aromatic heterocycles. The zero-order valence-corrected chi connectivity index (χ0v) is 19.5. The minimum Gasteiger partial charge on any atom is -0.305 e. The van der Waals surface area contributed by atoms with E-state index < -0.39 is 15.4 Å². The van der Waals surface area contributed by atoms with Crippen molar-refractivity contribution in [2.45, 2.75) is 23.3 Å². The summed E-state index contributed by atoms with van der Waals surface area (Å²) >= 11 is 5.93. The molecule has 0 atom stereocenters. The Bertz CT molecular complexity index is 1800. The van der Waals surface area contributed by atoms with Crippen LogP contribution < -0.4 is 11.0 Å². The number of benzene rings is 1. The molecule has 34 heavy (non-hydrogen) atoms. The Kier molecular flexibility index (Phi) is 5.30. The highest BCUT2D eigenvalue weighted by atomic mass is 35.5. The molecule has 0 radical (unpaired) electrons. The minimum absolute atomic E-state index is 0.0232. The van der Waals surface area contributed by atoms with Crippen LogP contribution in [-0.2, 0) is 16.4 Å². The summed E-state index contributed by atoms with van der Waals surface area (Å²) in [6.45, 7) is 1.97. The average Bonchev–Trinajstić information content (AvgIpc) is 2.82. The number of aryl methyl sites for hydroxylation is 1. The molecule has 5 aromatic rings. The van der Waals surface area contributed by atoms with E-state index in [4.69, 9.17) is 17.0 Å². The highest BCUT2D eigenvalue weighted by molar-refractivity contribution is 7.91. The second-order valence-corrected chi connectivity index (χ2v) is 10.1. The molecule has 5 rings (SSSR count). The first-order valence-corrected chi connectivity index (χ1v) is 12.1. The molecule has 1 N–H and O–H groups in total. The van der Waals surface area contributed by atoms with Gasteiger partial charge in [0.25, 0.3) is 5.56 Å². The van der Waals surface area contributed by atoms with E-state index in [-0.39, 0.29) is 32.9 Å². The van der Waals surface area contributed by atoms with Crippen LogP contribution in [0.5, 0.6) is 0 Å². The van der Waals surface area contributed by atoms with E-state index in [0.717, 1.165) is 11.1 Å². The third kappa shape index (κ3) is 3.59. The van der Waals surface area contributed by atoms with Crippen LogP contribution in [-0.4, -0.2) is 27.4 Å². The predicted molar refractivity (Wildman–Crippen MR) is 128 cm³/mol. The molecule has 0 spiro atoms. The Morgan fingerprint density at radius 2 is 1.74 bits per heavy atom. The number of hydrogen-bond acceptors (Lipinski definition) is 6. The van der Waals surface area contributed by atoms with E-state index >= 15 is 0 Å². The van der Waals surface area contributed by atoms with Crippen LogP contribution in [0.25, 0.3) is 16.7 Å². The summed E-state index contributed by atoms with van der Waals surface area (Å²) in [6.07, 6.45) is 4.81. The van der Waals surface area contributed by atoms with Gasteiger partial charge in [-0.3, -0.25) is 19.6 Å². The van der Waals surface area contributed by atoms with Crippen molar-refractivity contribution < 1.29 is 8.42 Å². The van der Waals surface area contributed by atoms with E-state index in [1.165, 1.54) is 39.3 Å². The zero-order valence-electron chi connectivity index (χ0n) is 17.9. The molecule has 0 aliphatic heterocycles. The van der Waals surface area contributed by atoms with Gasteiger partial charge < -0.3 is 4.57 Å². The van der Waals surface area contributed by atoms with E-state index in [1.54, 1.807) is 36.8 Å². The number of pyridine rings is 3. The van der Waals surface area contributed by atoms with Crippen LogP contribution in [0.1, 0.15) is 11.1 Å². The van der Waals surface area contributed by atoms with Gasteiger partial charge in [-0.1, -0.05) is 17.7 Å². The molecule has 4 heterocycles. The van der Waals surface area contributed by atoms with Gasteiger partial charge >= 0.3 is 0 Å². The number of aromatic nitrogens is 4. The van der Waals surface area contributed by atoms with Gasteiger partial charge in [-0.2, -0.15) is 0 Å². The van der Waals surface area contributed by atoms with Gasteiger partial charge in [-0.05, 0) is 66.6 Å². The Morgan fingerprint density at radius 1 is 1.03 bits per heavy atom. The van der Waals surface area contributed by atoms with Crippen LogP contribution in [0.3, 0.4) is 0 Å². The van der Waals surface area contributed by atoms with E-state index in [9.17, 15) is 13.2 Å². The molecule has 0 saturated carbocycles. The molecule has 0 aliphatic rings. The van der Waals surface area contributed by atoms with Gasteiger partial charge in [0.15, 0.2) is 0 Å². The van der Waals surface area contributed by atoms with Gasteiger partial charge in [0.2, 0.25) is 9.84 Å². The van der Waals surface area contributed by atoms with Gasteiger partial charge in [0, 0.05) is 23.6 Å². The van der Waals surface area contributed by atoms with Crippen molar-refractivity contribution >= 4 is 38.1 Å². The fraction of sp³-hybridized carbons (Fsp3) is 0.0833. The standard InChI is InChI=1S/C24H18ClN5O3S/c1-15-3-2-12-29-22(15)28-23-19(24(29)31)13-20(34(32,33)18-6-4-17(25)5-7-18)21(26)30(23)14-16-8-10-27-11-9-16/h2-13,26H,14H2,1H3. The Morgan fingerprint density at radius 3 is 2.44 bits per heavy atom. The number of rotatable bonds is 4. The number of nitrogens with one attached hydrogen (secondary N) is 1. The summed E-state index contributed by atoms with van der Waals surface area (Å²) in [4.78, 5) is 21.8. The molecule has 0 fully saturated rings. The molecule has 0 aliphatic carbocycles. The lowest BCUT2D eigenvalue weighted by Gasteiger charge is -2.15. The average molecular weight is 492 g/mol. The molecule has 170 valence electrons. The van der Waals surface area contributed by atoms with E-state index in [2.05, 4.69) is 9.97 Å². The molecule has 0 unspecified atom stereocenters. The van der Waals surface area contributed by atoms with Gasteiger partial charge in [-0.25, -0.2) is 13.4 Å². The normalized spacial score (nSPS) is 11.8. The maximum absolute atomic E-state index is 13.5. The first-order valence-electron chi connectivity index (χ1n) is 10.3. The lowest BCUT2D eigenvalue weighted by molar-refractivity contribution is 0.591. The summed E-state index contributed by atoms with van der Waals surface area (Å²) in [7, 11) is -4.13. The fourth-order valence-corrected chi connectivity index (χ4v) is 5.35. The van der Waals surface area contributed by atoms with Crippen LogP contribution in [0, 0.1) is 12.3 Å². The Hall–Kier alpha value is -3.82. The van der Waals surface area contributed by atoms with Crippen molar-refractivity contribution in [1.29, 1.82) is 5.41 Å². The molecule has 8 nitrogen and oxygen atoms in total. The summed E-state index contributed by atoms with van der Waals surface area (Å²) < 4.78 is 29.9. The summed E-state index contributed by atoms with van der Waals surface area (Å²) in [5, 5.41) is 9.34. The van der Waals surface area contributed by atoms with Crippen molar-refractivity contribution in [3.63, 3.8) is 0 Å². The van der Waals surface area contributed by atoms with Gasteiger partial charge in [0.05, 0.1) is 16.8 Å². The van der Waals surface area contributed by atoms with Gasteiger partial charge in [-0.15, -0.1) is 0 Å². The van der Waals surface area contributed by atoms with Crippen molar-refractivity contribution in [1.82, 2.24) is 18.9 Å². The highest BCUT2D eigenvalue weighted by Gasteiger charge is 2.24. The molecule has 0 amide bonds. The minimum atomic E-state index is -4.13. The SMILES string of the molecule is Cc1cccn2c(=O)c3cc(S(=O)(=O)c4ccc(Cl)cc4)c(=N)n(Cc4ccncc4)c3nc12. The van der Waals surface area contributed by atoms with Crippen molar-refractivity contribution in [3.05, 3.63) is 105 Å². The first kappa shape index (κ1) is 22.0. The Labute approximate surface area is 199 Å². The van der Waals surface area contributed by atoms with Crippen LogP contribution in [0.4, 0.5) is 0 Å². The second kappa shape index (κ2) is 8.19. The lowest BCUT2D eigenvalue weighted by Crippen LogP contribution is -2.30. The maximum Gasteiger partial charge on any atom is 0.267 e. The number of fused-ring (bicyclic) bond motifs is 2. The maximum atomic E-state index is 13.5. The quantitative estimate of drug-likeness (QED) is 0.387. The number of halogens is 1. The van der Waals surface area contributed by atoms with E-state index in [1.807, 2.05) is 13.0 Å². The highest BCUT2D eigenvalue weighted by Crippen LogP contribution is 2.23. The van der Waals surface area contributed by atoms with Crippen molar-refractivity contribution in [3.8, 4) is 0 Å². The fourth-order valence-electron chi connectivity index (χ4n) is 3.84. The lowest BCUT2D eigenvalue weighted by atomic mass is 10.2. The van der Waals surface area contributed by atoms with E-state index in [0.29, 0.717) is 10.7 Å². The largest absolute Gasteiger partial charge is 0.305 e. The zero-order chi connectivity index (χ0) is 24.0. The number of sulfone groups is 1. The monoisotopic (exact) mass is 491 g/mol.